The summed E-state index contributed by atoms with van der Waals surface area (Å²) in [7, 11) is 0. The predicted molar refractivity (Wildman–Crippen MR) is 144 cm³/mol. The van der Waals surface area contributed by atoms with Crippen molar-refractivity contribution in [3.05, 3.63) is 121 Å². The molecule has 8 rings (SSSR count). The van der Waals surface area contributed by atoms with Gasteiger partial charge in [0.05, 0.1) is 45.5 Å². The Morgan fingerprint density at radius 1 is 0.472 bits per heavy atom. The summed E-state index contributed by atoms with van der Waals surface area (Å²) in [5.74, 6) is 2.02. The lowest BCUT2D eigenvalue weighted by atomic mass is 10.1. The van der Waals surface area contributed by atoms with Gasteiger partial charge in [0.1, 0.15) is 0 Å². The van der Waals surface area contributed by atoms with Gasteiger partial charge in [-0.2, -0.15) is 0 Å². The molecule has 0 unspecified atom stereocenters. The summed E-state index contributed by atoms with van der Waals surface area (Å²) in [6.07, 6.45) is 3.66. The Hall–Kier alpha value is -5.10. The summed E-state index contributed by atoms with van der Waals surface area (Å²) in [5, 5.41) is 7.40. The maximum atomic E-state index is 4.54. The van der Waals surface area contributed by atoms with Gasteiger partial charge in [-0.15, -0.1) is 0 Å². The highest BCUT2D eigenvalue weighted by Gasteiger charge is 2.41. The summed E-state index contributed by atoms with van der Waals surface area (Å²) in [5.41, 5.74) is 10.7. The van der Waals surface area contributed by atoms with Gasteiger partial charge in [-0.1, -0.05) is 36.4 Å². The van der Waals surface area contributed by atoms with Crippen LogP contribution in [0.15, 0.2) is 121 Å². The van der Waals surface area contributed by atoms with Crippen molar-refractivity contribution in [2.75, 3.05) is 20.4 Å². The van der Waals surface area contributed by atoms with Gasteiger partial charge in [0.2, 0.25) is 0 Å². The third-order valence-corrected chi connectivity index (χ3v) is 6.94. The first-order valence-electron chi connectivity index (χ1n) is 11.9. The van der Waals surface area contributed by atoms with Gasteiger partial charge in [0.15, 0.2) is 11.6 Å². The van der Waals surface area contributed by atoms with E-state index < -0.39 is 0 Å². The minimum atomic E-state index is 0.958. The van der Waals surface area contributed by atoms with Gasteiger partial charge >= 0.3 is 0 Å². The highest BCUT2D eigenvalue weighted by atomic mass is 15.4. The molecule has 0 spiro atoms. The van der Waals surface area contributed by atoms with Crippen LogP contribution < -0.4 is 20.4 Å². The van der Waals surface area contributed by atoms with Gasteiger partial charge in [-0.25, -0.2) is 0 Å². The van der Waals surface area contributed by atoms with E-state index in [0.29, 0.717) is 0 Å². The fourth-order valence-electron chi connectivity index (χ4n) is 5.33. The van der Waals surface area contributed by atoms with Crippen molar-refractivity contribution in [2.24, 2.45) is 0 Å². The normalized spacial score (nSPS) is 14.3. The average Bonchev–Trinajstić information content (AvgIpc) is 3.52. The van der Waals surface area contributed by atoms with Crippen LogP contribution in [0.25, 0.3) is 22.5 Å². The van der Waals surface area contributed by atoms with Crippen molar-refractivity contribution in [2.45, 2.75) is 0 Å². The van der Waals surface area contributed by atoms with E-state index in [0.717, 1.165) is 68.3 Å². The molecule has 0 radical (unpaired) electrons. The van der Waals surface area contributed by atoms with E-state index in [2.05, 4.69) is 91.1 Å². The molecule has 2 aromatic heterocycles. The second-order valence-corrected chi connectivity index (χ2v) is 9.00. The second kappa shape index (κ2) is 7.20. The minimum Gasteiger partial charge on any atom is -0.337 e. The third-order valence-electron chi connectivity index (χ3n) is 6.94. The van der Waals surface area contributed by atoms with E-state index in [-0.39, 0.29) is 0 Å². The molecule has 0 saturated heterocycles. The van der Waals surface area contributed by atoms with Crippen LogP contribution in [0.4, 0.5) is 34.1 Å². The maximum Gasteiger partial charge on any atom is 0.158 e. The number of nitrogens with one attached hydrogen (secondary N) is 2. The van der Waals surface area contributed by atoms with Crippen molar-refractivity contribution in [3.8, 4) is 22.5 Å². The number of hydrogen-bond donors (Lipinski definition) is 2. The van der Waals surface area contributed by atoms with E-state index in [1.54, 1.807) is 0 Å². The molecule has 6 heteroatoms. The zero-order valence-electron chi connectivity index (χ0n) is 19.2. The molecule has 5 heterocycles. The SMILES string of the molecule is c1ccc(-c2ccc3c(c2)NC2=C4Nc5cc(-c6ccccn6)ccc5N4c4ccccc4N23)nc1. The van der Waals surface area contributed by atoms with Gasteiger partial charge < -0.3 is 10.6 Å². The van der Waals surface area contributed by atoms with Crippen molar-refractivity contribution in [1.82, 2.24) is 9.97 Å². The highest BCUT2D eigenvalue weighted by molar-refractivity contribution is 6.02. The monoisotopic (exact) mass is 464 g/mol. The number of anilines is 6. The summed E-state index contributed by atoms with van der Waals surface area (Å²) in [6.45, 7) is 0. The minimum absolute atomic E-state index is 0.958. The number of benzene rings is 3. The van der Waals surface area contributed by atoms with Crippen LogP contribution in [0.2, 0.25) is 0 Å². The third kappa shape index (κ3) is 2.66. The summed E-state index contributed by atoms with van der Waals surface area (Å²) < 4.78 is 0. The molecule has 36 heavy (non-hydrogen) atoms. The van der Waals surface area contributed by atoms with E-state index in [1.165, 1.54) is 0 Å². The molecular formula is C30H20N6. The second-order valence-electron chi connectivity index (χ2n) is 9.00. The summed E-state index contributed by atoms with van der Waals surface area (Å²) in [4.78, 5) is 13.7. The quantitative estimate of drug-likeness (QED) is 0.291. The molecule has 3 aliphatic heterocycles. The molecular weight excluding hydrogens is 444 g/mol. The van der Waals surface area contributed by atoms with Crippen molar-refractivity contribution < 1.29 is 0 Å². The smallest absolute Gasteiger partial charge is 0.158 e. The van der Waals surface area contributed by atoms with Crippen LogP contribution >= 0.6 is 0 Å². The van der Waals surface area contributed by atoms with Gasteiger partial charge in [0.25, 0.3) is 0 Å². The fourth-order valence-corrected chi connectivity index (χ4v) is 5.33. The number of fused-ring (bicyclic) bond motifs is 9. The van der Waals surface area contributed by atoms with Crippen LogP contribution in [0.5, 0.6) is 0 Å². The van der Waals surface area contributed by atoms with Gasteiger partial charge in [-0.05, 0) is 60.7 Å². The molecule has 0 aliphatic carbocycles. The lowest BCUT2D eigenvalue weighted by Gasteiger charge is -2.34. The Morgan fingerprint density at radius 3 is 1.39 bits per heavy atom. The Bertz CT molecular complexity index is 1570. The Labute approximate surface area is 208 Å². The standard InChI is InChI=1S/C30H20N6/c1-2-10-28-27(9-1)35-25-13-11-19(21-7-3-5-15-31-21)17-23(25)33-29(35)30-34-24-18-20(12-14-26(24)36(28)30)22-8-4-6-16-32-22/h1-18,33-34H. The number of para-hydroxylation sites is 2. The van der Waals surface area contributed by atoms with E-state index in [1.807, 2.05) is 48.8 Å². The Balaban J connectivity index is 1.28. The largest absolute Gasteiger partial charge is 0.337 e. The van der Waals surface area contributed by atoms with E-state index >= 15 is 0 Å². The predicted octanol–water partition coefficient (Wildman–Crippen LogP) is 7.08. The summed E-state index contributed by atoms with van der Waals surface area (Å²) in [6, 6.07) is 33.5. The van der Waals surface area contributed by atoms with Crippen molar-refractivity contribution >= 4 is 34.1 Å². The zero-order chi connectivity index (χ0) is 23.6. The molecule has 0 fully saturated rings. The van der Waals surface area contributed by atoms with Gasteiger partial charge in [0, 0.05) is 23.5 Å². The van der Waals surface area contributed by atoms with Crippen molar-refractivity contribution in [3.63, 3.8) is 0 Å². The molecule has 5 aromatic rings. The number of pyridine rings is 2. The highest BCUT2D eigenvalue weighted by Crippen LogP contribution is 2.56. The molecule has 2 N–H and O–H groups in total. The van der Waals surface area contributed by atoms with Gasteiger partial charge in [-0.3, -0.25) is 19.8 Å². The molecule has 0 atom stereocenters. The van der Waals surface area contributed by atoms with Crippen molar-refractivity contribution in [1.29, 1.82) is 0 Å². The number of aromatic nitrogens is 2. The maximum absolute atomic E-state index is 4.54. The lowest BCUT2D eigenvalue weighted by molar-refractivity contribution is 1.07. The zero-order valence-corrected chi connectivity index (χ0v) is 19.2. The molecule has 3 aliphatic rings. The van der Waals surface area contributed by atoms with Crippen LogP contribution in [0.1, 0.15) is 0 Å². The molecule has 6 nitrogen and oxygen atoms in total. The first-order valence-corrected chi connectivity index (χ1v) is 11.9. The van der Waals surface area contributed by atoms with Crippen LogP contribution in [0.3, 0.4) is 0 Å². The number of rotatable bonds is 2. The number of nitrogens with zero attached hydrogens (tertiary/aromatic N) is 4. The van der Waals surface area contributed by atoms with Crippen LogP contribution in [-0.4, -0.2) is 9.97 Å². The first-order chi connectivity index (χ1) is 17.8. The Kier molecular flexibility index (Phi) is 3.85. The first kappa shape index (κ1) is 19.2. The summed E-state index contributed by atoms with van der Waals surface area (Å²) >= 11 is 0. The topological polar surface area (TPSA) is 56.3 Å². The molecule has 0 bridgehead atoms. The molecule has 0 amide bonds. The lowest BCUT2D eigenvalue weighted by Crippen LogP contribution is -2.31. The molecule has 3 aromatic carbocycles. The molecule has 0 saturated carbocycles. The average molecular weight is 465 g/mol. The fraction of sp³-hybridized carbons (Fsp3) is 0. The number of hydrogen-bond acceptors (Lipinski definition) is 6. The van der Waals surface area contributed by atoms with Crippen LogP contribution in [0, 0.1) is 0 Å². The molecule has 170 valence electrons. The Morgan fingerprint density at radius 2 is 0.944 bits per heavy atom. The van der Waals surface area contributed by atoms with Crippen LogP contribution in [-0.2, 0) is 0 Å². The van der Waals surface area contributed by atoms with E-state index in [4.69, 9.17) is 0 Å². The van der Waals surface area contributed by atoms with E-state index in [9.17, 15) is 0 Å².